The molecule has 0 aliphatic rings. The van der Waals surface area contributed by atoms with Gasteiger partial charge in [0.2, 0.25) is 0 Å². The highest BCUT2D eigenvalue weighted by molar-refractivity contribution is 6.09. The summed E-state index contributed by atoms with van der Waals surface area (Å²) < 4.78 is 19.6. The summed E-state index contributed by atoms with van der Waals surface area (Å²) in [7, 11) is 0. The second kappa shape index (κ2) is 14.5. The molecule has 0 N–H and O–H groups in total. The molecule has 69 heavy (non-hydrogen) atoms. The van der Waals surface area contributed by atoms with Crippen molar-refractivity contribution in [2.24, 2.45) is 0 Å². The van der Waals surface area contributed by atoms with Gasteiger partial charge in [-0.05, 0) is 128 Å². The molecule has 0 atom stereocenters. The lowest BCUT2D eigenvalue weighted by molar-refractivity contribution is 0.666. The summed E-state index contributed by atoms with van der Waals surface area (Å²) in [5, 5.41) is 23.3. The third-order valence-electron chi connectivity index (χ3n) is 13.7. The van der Waals surface area contributed by atoms with E-state index in [4.69, 9.17) is 28.4 Å². The Bertz CT molecular complexity index is 4320. The molecule has 0 radical (unpaired) electrons. The van der Waals surface area contributed by atoms with E-state index in [0.29, 0.717) is 28.0 Å². The van der Waals surface area contributed by atoms with Crippen molar-refractivity contribution in [3.63, 3.8) is 0 Å². The van der Waals surface area contributed by atoms with Crippen molar-refractivity contribution in [1.82, 2.24) is 15.2 Å². The standard InChI is InChI=1S/C61H35N5O3/c1-3-11-38-27-42-29-44(19-17-40(42)25-36(38)9-1)65(46-21-23-51-49-13-5-7-15-53(49)67-55(51)31-46)48-33-57-60(62-35-48)61-58(69-57)34-59(63-64-61)66(47-22-24-52-50-14-6-8-16-54(50)68-56(52)32-47)45-20-18-41-26-37-10-2-4-12-39(37)28-43(41)30-45/h1-35H. The monoisotopic (exact) mass is 885 g/mol. The van der Waals surface area contributed by atoms with Crippen molar-refractivity contribution in [1.29, 1.82) is 0 Å². The number of hydrogen-bond donors (Lipinski definition) is 0. The molecular formula is C61H35N5O3. The Labute approximate surface area is 392 Å². The van der Waals surface area contributed by atoms with Crippen LogP contribution in [0, 0.1) is 0 Å². The number of benzene rings is 10. The quantitative estimate of drug-likeness (QED) is 0.153. The Kier molecular flexibility index (Phi) is 7.91. The lowest BCUT2D eigenvalue weighted by Gasteiger charge is -2.25. The predicted molar refractivity (Wildman–Crippen MR) is 281 cm³/mol. The molecule has 15 aromatic rings. The van der Waals surface area contributed by atoms with E-state index in [2.05, 4.69) is 168 Å². The Balaban J connectivity index is 0.887. The Hall–Kier alpha value is -9.53. The van der Waals surface area contributed by atoms with E-state index in [1.54, 1.807) is 0 Å². The molecule has 0 aliphatic heterocycles. The van der Waals surface area contributed by atoms with Gasteiger partial charge in [0, 0.05) is 62.9 Å². The van der Waals surface area contributed by atoms with Crippen LogP contribution in [-0.4, -0.2) is 15.2 Å². The molecule has 5 aromatic heterocycles. The van der Waals surface area contributed by atoms with Gasteiger partial charge in [-0.1, -0.05) is 97.1 Å². The third-order valence-corrected chi connectivity index (χ3v) is 13.7. The van der Waals surface area contributed by atoms with Crippen LogP contribution in [0.5, 0.6) is 0 Å². The van der Waals surface area contributed by atoms with Crippen molar-refractivity contribution < 1.29 is 13.3 Å². The van der Waals surface area contributed by atoms with Crippen LogP contribution in [-0.2, 0) is 0 Å². The highest BCUT2D eigenvalue weighted by Gasteiger charge is 2.23. The summed E-state index contributed by atoms with van der Waals surface area (Å²) in [6, 6.07) is 71.9. The first kappa shape index (κ1) is 37.7. The third kappa shape index (κ3) is 5.99. The van der Waals surface area contributed by atoms with Crippen LogP contribution < -0.4 is 9.80 Å². The summed E-state index contributed by atoms with van der Waals surface area (Å²) >= 11 is 0. The summed E-state index contributed by atoms with van der Waals surface area (Å²) in [5.41, 5.74) is 10.1. The minimum absolute atomic E-state index is 0.564. The number of pyridine rings is 1. The molecular weight excluding hydrogens is 851 g/mol. The van der Waals surface area contributed by atoms with Gasteiger partial charge in [0.25, 0.3) is 0 Å². The predicted octanol–water partition coefficient (Wildman–Crippen LogP) is 17.1. The van der Waals surface area contributed by atoms with Crippen molar-refractivity contribution in [2.45, 2.75) is 0 Å². The first-order chi connectivity index (χ1) is 34.1. The number of furan rings is 3. The molecule has 0 fully saturated rings. The van der Waals surface area contributed by atoms with Crippen LogP contribution in [0.25, 0.3) is 109 Å². The van der Waals surface area contributed by atoms with Crippen molar-refractivity contribution >= 4 is 143 Å². The summed E-state index contributed by atoms with van der Waals surface area (Å²) in [4.78, 5) is 9.37. The first-order valence-corrected chi connectivity index (χ1v) is 23.0. The topological polar surface area (TPSA) is 84.6 Å². The van der Waals surface area contributed by atoms with Gasteiger partial charge < -0.3 is 18.2 Å². The fraction of sp³-hybridized carbons (Fsp3) is 0. The average molecular weight is 886 g/mol. The lowest BCUT2D eigenvalue weighted by atomic mass is 10.0. The van der Waals surface area contributed by atoms with Crippen LogP contribution in [0.15, 0.2) is 226 Å². The Morgan fingerprint density at radius 2 is 0.696 bits per heavy atom. The molecule has 15 rings (SSSR count). The molecule has 0 amide bonds. The van der Waals surface area contributed by atoms with E-state index in [0.717, 1.165) is 93.9 Å². The summed E-state index contributed by atoms with van der Waals surface area (Å²) in [6.07, 6.45) is 1.88. The van der Waals surface area contributed by atoms with Crippen LogP contribution >= 0.6 is 0 Å². The van der Waals surface area contributed by atoms with E-state index >= 15 is 0 Å². The van der Waals surface area contributed by atoms with E-state index < -0.39 is 0 Å². The average Bonchev–Trinajstić information content (AvgIpc) is 4.08. The summed E-state index contributed by atoms with van der Waals surface area (Å²) in [5.74, 6) is 0.585. The molecule has 8 heteroatoms. The lowest BCUT2D eigenvalue weighted by Crippen LogP contribution is -2.12. The number of hydrogen-bond acceptors (Lipinski definition) is 8. The number of anilines is 6. The van der Waals surface area contributed by atoms with Crippen molar-refractivity contribution in [3.05, 3.63) is 212 Å². The van der Waals surface area contributed by atoms with Gasteiger partial charge in [-0.15, -0.1) is 10.2 Å². The highest BCUT2D eigenvalue weighted by Crippen LogP contribution is 2.43. The van der Waals surface area contributed by atoms with E-state index in [-0.39, 0.29) is 0 Å². The second-order valence-corrected chi connectivity index (χ2v) is 17.7. The molecule has 0 saturated heterocycles. The van der Waals surface area contributed by atoms with Gasteiger partial charge in [-0.3, -0.25) is 4.90 Å². The Morgan fingerprint density at radius 1 is 0.275 bits per heavy atom. The van der Waals surface area contributed by atoms with Crippen LogP contribution in [0.4, 0.5) is 34.3 Å². The van der Waals surface area contributed by atoms with Gasteiger partial charge in [0.1, 0.15) is 27.8 Å². The van der Waals surface area contributed by atoms with Gasteiger partial charge >= 0.3 is 0 Å². The van der Waals surface area contributed by atoms with Gasteiger partial charge in [-0.25, -0.2) is 4.98 Å². The smallest absolute Gasteiger partial charge is 0.164 e. The molecule has 0 bridgehead atoms. The van der Waals surface area contributed by atoms with Crippen molar-refractivity contribution in [3.8, 4) is 0 Å². The van der Waals surface area contributed by atoms with E-state index in [1.165, 1.54) is 21.5 Å². The number of aromatic nitrogens is 3. The zero-order valence-corrected chi connectivity index (χ0v) is 36.7. The molecule has 0 aliphatic carbocycles. The first-order valence-electron chi connectivity index (χ1n) is 23.0. The zero-order valence-electron chi connectivity index (χ0n) is 36.7. The normalized spacial score (nSPS) is 12.1. The largest absolute Gasteiger partial charge is 0.456 e. The number of rotatable bonds is 6. The molecule has 0 unspecified atom stereocenters. The SMILES string of the molecule is c1ccc2cc3cc(N(c4ccc5c(c4)oc4ccccc45)c4cnc5c(c4)oc4cc(N(c6ccc7cc8ccccc8cc7c6)c6ccc7c(c6)oc6ccccc67)nnc45)ccc3cc2c1. The molecule has 322 valence electrons. The number of fused-ring (bicyclic) bond motifs is 13. The molecule has 0 saturated carbocycles. The minimum atomic E-state index is 0.564. The van der Waals surface area contributed by atoms with Crippen LogP contribution in [0.3, 0.4) is 0 Å². The van der Waals surface area contributed by atoms with Crippen LogP contribution in [0.1, 0.15) is 0 Å². The number of para-hydroxylation sites is 2. The van der Waals surface area contributed by atoms with Crippen LogP contribution in [0.2, 0.25) is 0 Å². The van der Waals surface area contributed by atoms with Gasteiger partial charge in [-0.2, -0.15) is 0 Å². The fourth-order valence-electron chi connectivity index (χ4n) is 10.3. The molecule has 8 nitrogen and oxygen atoms in total. The maximum atomic E-state index is 6.78. The second-order valence-electron chi connectivity index (χ2n) is 17.7. The van der Waals surface area contributed by atoms with E-state index in [9.17, 15) is 0 Å². The zero-order chi connectivity index (χ0) is 45.2. The number of nitrogens with zero attached hydrogens (tertiary/aromatic N) is 5. The molecule has 10 aromatic carbocycles. The van der Waals surface area contributed by atoms with Gasteiger partial charge in [0.05, 0.1) is 17.6 Å². The van der Waals surface area contributed by atoms with Crippen molar-refractivity contribution in [2.75, 3.05) is 9.80 Å². The minimum Gasteiger partial charge on any atom is -0.456 e. The molecule has 0 spiro atoms. The Morgan fingerprint density at radius 3 is 1.29 bits per heavy atom. The fourth-order valence-corrected chi connectivity index (χ4v) is 10.3. The summed E-state index contributed by atoms with van der Waals surface area (Å²) in [6.45, 7) is 0. The molecule has 5 heterocycles. The van der Waals surface area contributed by atoms with Gasteiger partial charge in [0.15, 0.2) is 22.5 Å². The maximum absolute atomic E-state index is 6.78. The maximum Gasteiger partial charge on any atom is 0.164 e. The highest BCUT2D eigenvalue weighted by atomic mass is 16.3. The van der Waals surface area contributed by atoms with E-state index in [1.807, 2.05) is 54.7 Å².